The zero-order valence-corrected chi connectivity index (χ0v) is 39.3. The number of hydrogen-bond acceptors (Lipinski definition) is 6. The average Bonchev–Trinajstić information content (AvgIpc) is 3.58. The van der Waals surface area contributed by atoms with Crippen molar-refractivity contribution in [2.45, 2.75) is 131 Å². The summed E-state index contributed by atoms with van der Waals surface area (Å²) in [5.41, 5.74) is 9.65. The molecule has 60 heavy (non-hydrogen) atoms. The fraction of sp³-hybridized carbons (Fsp3) is 0.407. The number of rotatable bonds is 13. The standard InChI is InChI=1S/C54H71N3O2S/c1-51(2,3)36-35-40(52(4,5)6)22-21-37-56(43-24-16-13-14-17-25-43)44-28-20-23-41(29-32-44)55-42-30-33-47(34-31-42)60-59-57(45-26-18-15-19-27-45)46-38-48(53(7,8)9)50(58)49(39-46)54(10,11)12/h13-19,21-22,24,26-27,29-35,38-39,55,58H,20,23,25,28,36-37H2,1-12H3/b22-21+,40-35+. The lowest BCUT2D eigenvalue weighted by Gasteiger charge is -2.31. The highest BCUT2D eigenvalue weighted by Crippen LogP contribution is 2.44. The van der Waals surface area contributed by atoms with Gasteiger partial charge in [0.25, 0.3) is 0 Å². The molecule has 0 heterocycles. The number of benzene rings is 3. The van der Waals surface area contributed by atoms with E-state index in [0.29, 0.717) is 5.75 Å². The lowest BCUT2D eigenvalue weighted by atomic mass is 9.79. The normalized spacial score (nSPS) is 15.6. The maximum atomic E-state index is 11.4. The Kier molecular flexibility index (Phi) is 15.3. The molecule has 2 N–H and O–H groups in total. The van der Waals surface area contributed by atoms with Crippen molar-refractivity contribution in [3.05, 3.63) is 161 Å². The van der Waals surface area contributed by atoms with Crippen molar-refractivity contribution in [1.29, 1.82) is 0 Å². The van der Waals surface area contributed by atoms with Crippen molar-refractivity contribution >= 4 is 29.1 Å². The zero-order chi connectivity index (χ0) is 43.7. The molecular formula is C54H71N3O2S. The van der Waals surface area contributed by atoms with Gasteiger partial charge in [0.15, 0.2) is 0 Å². The van der Waals surface area contributed by atoms with Gasteiger partial charge in [-0.15, -0.1) is 0 Å². The van der Waals surface area contributed by atoms with Crippen LogP contribution in [0.2, 0.25) is 0 Å². The number of hydrogen-bond donors (Lipinski definition) is 2. The summed E-state index contributed by atoms with van der Waals surface area (Å²) >= 11 is 1.32. The van der Waals surface area contributed by atoms with Crippen LogP contribution in [0.3, 0.4) is 0 Å². The molecule has 0 atom stereocenters. The molecule has 2 aliphatic rings. The van der Waals surface area contributed by atoms with Crippen molar-refractivity contribution in [3.63, 3.8) is 0 Å². The zero-order valence-electron chi connectivity index (χ0n) is 38.5. The van der Waals surface area contributed by atoms with E-state index in [-0.39, 0.29) is 21.7 Å². The number of phenols is 1. The van der Waals surface area contributed by atoms with Gasteiger partial charge in [-0.05, 0) is 120 Å². The summed E-state index contributed by atoms with van der Waals surface area (Å²) in [4.78, 5) is 3.49. The summed E-state index contributed by atoms with van der Waals surface area (Å²) in [5, 5.41) is 17.0. The molecule has 2 aliphatic carbocycles. The third-order valence-electron chi connectivity index (χ3n) is 10.7. The van der Waals surface area contributed by atoms with Crippen molar-refractivity contribution in [3.8, 4) is 5.75 Å². The van der Waals surface area contributed by atoms with Crippen LogP contribution in [0, 0.1) is 10.8 Å². The van der Waals surface area contributed by atoms with E-state index >= 15 is 0 Å². The third kappa shape index (κ3) is 13.4. The summed E-state index contributed by atoms with van der Waals surface area (Å²) in [6.45, 7) is 27.5. The third-order valence-corrected chi connectivity index (χ3v) is 11.4. The quantitative estimate of drug-likeness (QED) is 0.102. The molecule has 0 radical (unpaired) electrons. The molecule has 0 saturated heterocycles. The van der Waals surface area contributed by atoms with E-state index in [1.165, 1.54) is 34.7 Å². The lowest BCUT2D eigenvalue weighted by Crippen LogP contribution is -2.23. The van der Waals surface area contributed by atoms with Gasteiger partial charge < -0.3 is 15.3 Å². The summed E-state index contributed by atoms with van der Waals surface area (Å²) in [6.07, 6.45) is 27.7. The Bertz CT molecular complexity index is 2090. The first-order valence-corrected chi connectivity index (χ1v) is 22.4. The number of allylic oxidation sites excluding steroid dienone is 12. The van der Waals surface area contributed by atoms with Crippen molar-refractivity contribution in [2.24, 2.45) is 10.8 Å². The highest BCUT2D eigenvalue weighted by atomic mass is 32.2. The van der Waals surface area contributed by atoms with Gasteiger partial charge in [-0.25, -0.2) is 5.06 Å². The van der Waals surface area contributed by atoms with Gasteiger partial charge in [0, 0.05) is 51.8 Å². The summed E-state index contributed by atoms with van der Waals surface area (Å²) in [5.74, 6) is 0.351. The minimum Gasteiger partial charge on any atom is -0.507 e. The topological polar surface area (TPSA) is 48.0 Å². The maximum absolute atomic E-state index is 11.4. The molecule has 0 saturated carbocycles. The minimum atomic E-state index is -0.263. The van der Waals surface area contributed by atoms with Crippen LogP contribution in [0.4, 0.5) is 17.1 Å². The Hall–Kier alpha value is -4.65. The molecule has 3 aromatic carbocycles. The van der Waals surface area contributed by atoms with Crippen LogP contribution in [-0.4, -0.2) is 16.6 Å². The molecule has 0 spiro atoms. The van der Waals surface area contributed by atoms with Crippen LogP contribution in [0.5, 0.6) is 5.75 Å². The van der Waals surface area contributed by atoms with Crippen LogP contribution >= 0.6 is 12.0 Å². The SMILES string of the molecule is CC(C)(C)C/C=C(\C=C\CN(C1=CC=CC=CC1)C1=CC=C(Nc2ccc(SON(c3ccccc3)c3cc(C(C)(C)C)c(O)c(C(C)(C)C)c3)cc2)CCC1)C(C)(C)C. The van der Waals surface area contributed by atoms with Gasteiger partial charge >= 0.3 is 0 Å². The van der Waals surface area contributed by atoms with Crippen LogP contribution in [-0.2, 0) is 15.1 Å². The molecule has 5 nitrogen and oxygen atoms in total. The van der Waals surface area contributed by atoms with Gasteiger partial charge in [0.1, 0.15) is 5.75 Å². The number of phenolic OH excluding ortho intramolecular Hbond substituents is 1. The molecule has 0 fully saturated rings. The Labute approximate surface area is 367 Å². The van der Waals surface area contributed by atoms with Crippen LogP contribution in [0.15, 0.2) is 155 Å². The van der Waals surface area contributed by atoms with Crippen LogP contribution in [0.1, 0.15) is 126 Å². The predicted octanol–water partition coefficient (Wildman–Crippen LogP) is 15.8. The second-order valence-electron chi connectivity index (χ2n) is 20.4. The van der Waals surface area contributed by atoms with E-state index in [0.717, 1.165) is 71.7 Å². The van der Waals surface area contributed by atoms with Crippen molar-refractivity contribution < 1.29 is 9.39 Å². The first kappa shape index (κ1) is 46.4. The summed E-state index contributed by atoms with van der Waals surface area (Å²) < 4.78 is 6.56. The van der Waals surface area contributed by atoms with Gasteiger partial charge in [-0.2, -0.15) is 4.28 Å². The molecule has 0 unspecified atom stereocenters. The van der Waals surface area contributed by atoms with Gasteiger partial charge in [-0.1, -0.05) is 144 Å². The van der Waals surface area contributed by atoms with E-state index in [9.17, 15) is 5.11 Å². The van der Waals surface area contributed by atoms with Crippen molar-refractivity contribution in [1.82, 2.24) is 4.90 Å². The average molecular weight is 826 g/mol. The highest BCUT2D eigenvalue weighted by Gasteiger charge is 2.29. The van der Waals surface area contributed by atoms with E-state index in [1.54, 1.807) is 0 Å². The molecule has 320 valence electrons. The first-order chi connectivity index (χ1) is 28.2. The molecule has 0 aliphatic heterocycles. The van der Waals surface area contributed by atoms with Gasteiger partial charge in [-0.3, -0.25) is 0 Å². The van der Waals surface area contributed by atoms with E-state index < -0.39 is 0 Å². The summed E-state index contributed by atoms with van der Waals surface area (Å²) in [6, 6.07) is 22.7. The largest absolute Gasteiger partial charge is 0.507 e. The molecule has 0 amide bonds. The molecule has 5 rings (SSSR count). The first-order valence-electron chi connectivity index (χ1n) is 21.7. The second-order valence-corrected chi connectivity index (χ2v) is 21.2. The van der Waals surface area contributed by atoms with E-state index in [2.05, 4.69) is 190 Å². The van der Waals surface area contributed by atoms with Crippen LogP contribution in [0.25, 0.3) is 0 Å². The highest BCUT2D eigenvalue weighted by molar-refractivity contribution is 7.94. The number of para-hydroxylation sites is 1. The molecule has 6 heteroatoms. The van der Waals surface area contributed by atoms with Crippen molar-refractivity contribution in [2.75, 3.05) is 16.9 Å². The molecular weight excluding hydrogens is 755 g/mol. The van der Waals surface area contributed by atoms with Gasteiger partial charge in [0.2, 0.25) is 0 Å². The Balaban J connectivity index is 1.33. The number of nitrogens with zero attached hydrogens (tertiary/aromatic N) is 2. The Morgan fingerprint density at radius 3 is 2.03 bits per heavy atom. The molecule has 0 bridgehead atoms. The Morgan fingerprint density at radius 1 is 0.750 bits per heavy atom. The molecule has 0 aromatic heterocycles. The number of aromatic hydroxyl groups is 1. The minimum absolute atomic E-state index is 0.0811. The fourth-order valence-electron chi connectivity index (χ4n) is 7.20. The smallest absolute Gasteiger partial charge is 0.123 e. The predicted molar refractivity (Wildman–Crippen MR) is 260 cm³/mol. The lowest BCUT2D eigenvalue weighted by molar-refractivity contribution is 0.380. The Morgan fingerprint density at radius 2 is 1.42 bits per heavy atom. The number of nitrogens with one attached hydrogen (secondary N) is 1. The van der Waals surface area contributed by atoms with Gasteiger partial charge in [0.05, 0.1) is 23.4 Å². The number of anilines is 3. The van der Waals surface area contributed by atoms with E-state index in [4.69, 9.17) is 4.28 Å². The molecule has 3 aromatic rings. The fourth-order valence-corrected chi connectivity index (χ4v) is 7.78. The van der Waals surface area contributed by atoms with E-state index in [1.807, 2.05) is 35.4 Å². The monoisotopic (exact) mass is 826 g/mol. The second kappa shape index (κ2) is 19.8. The van der Waals surface area contributed by atoms with Crippen LogP contribution < -0.4 is 10.4 Å². The maximum Gasteiger partial charge on any atom is 0.123 e. The summed E-state index contributed by atoms with van der Waals surface area (Å²) in [7, 11) is 0.